The van der Waals surface area contributed by atoms with Gasteiger partial charge in [0.05, 0.1) is 24.9 Å². The van der Waals surface area contributed by atoms with Crippen LogP contribution in [0.25, 0.3) is 0 Å². The third kappa shape index (κ3) is 27.7. The van der Waals surface area contributed by atoms with Crippen LogP contribution in [-0.4, -0.2) is 70.0 Å². The summed E-state index contributed by atoms with van der Waals surface area (Å²) in [5.74, 6) is -0.0643. The number of rotatable bonds is 36. The minimum atomic E-state index is -0.846. The lowest BCUT2D eigenvalue weighted by atomic mass is 9.88. The van der Waals surface area contributed by atoms with E-state index in [9.17, 15) is 30.0 Å². The Morgan fingerprint density at radius 2 is 1.15 bits per heavy atom. The third-order valence-electron chi connectivity index (χ3n) is 11.1. The van der Waals surface area contributed by atoms with E-state index in [1.54, 1.807) is 6.08 Å². The number of hydrogen-bond donors (Lipinski definition) is 4. The molecule has 1 aliphatic carbocycles. The highest BCUT2D eigenvalue weighted by Crippen LogP contribution is 2.37. The first-order chi connectivity index (χ1) is 25.7. The predicted molar refractivity (Wildman–Crippen MR) is 216 cm³/mol. The first-order valence-corrected chi connectivity index (χ1v) is 22.4. The highest BCUT2D eigenvalue weighted by atomic mass is 16.6. The molecule has 8 nitrogen and oxygen atoms in total. The first kappa shape index (κ1) is 49.5. The Morgan fingerprint density at radius 1 is 0.660 bits per heavy atom. The maximum absolute atomic E-state index is 12.3. The van der Waals surface area contributed by atoms with Crippen molar-refractivity contribution >= 4 is 11.9 Å². The zero-order valence-electron chi connectivity index (χ0n) is 34.5. The Morgan fingerprint density at radius 3 is 1.68 bits per heavy atom. The van der Waals surface area contributed by atoms with Gasteiger partial charge in [-0.15, -0.1) is 0 Å². The summed E-state index contributed by atoms with van der Waals surface area (Å²) in [6, 6.07) is 0. The molecule has 1 saturated carbocycles. The van der Waals surface area contributed by atoms with Gasteiger partial charge in [-0.05, 0) is 37.5 Å². The number of carbonyl (C=O) groups is 2. The van der Waals surface area contributed by atoms with Crippen LogP contribution in [0.1, 0.15) is 207 Å². The standard InChI is InChI=1S/C45H84O8/c1-4-5-22-28-38(47)32-33-41-40(42(48)34-43(41)49)29-24-20-21-26-31-45(51)53-39(35-46)36-52-44(50)30-25-19-17-15-13-11-9-7-6-8-10-12-14-16-18-23-27-37(2)3/h32-33,37-43,46-49H,4-31,34-36H2,1-3H3/b33-32+/t38-,39-,40+,41+,42-,43+/m0/s1. The molecule has 8 heteroatoms. The summed E-state index contributed by atoms with van der Waals surface area (Å²) in [4.78, 5) is 24.5. The van der Waals surface area contributed by atoms with Crippen LogP contribution >= 0.6 is 0 Å². The van der Waals surface area contributed by atoms with Crippen molar-refractivity contribution in [3.8, 4) is 0 Å². The van der Waals surface area contributed by atoms with Crippen LogP contribution in [0.4, 0.5) is 0 Å². The summed E-state index contributed by atoms with van der Waals surface area (Å²) >= 11 is 0. The van der Waals surface area contributed by atoms with Gasteiger partial charge in [0.15, 0.2) is 6.10 Å². The Bertz CT molecular complexity index is 892. The average molecular weight is 753 g/mol. The molecular weight excluding hydrogens is 668 g/mol. The topological polar surface area (TPSA) is 134 Å². The molecule has 0 aliphatic heterocycles. The average Bonchev–Trinajstić information content (AvgIpc) is 3.40. The van der Waals surface area contributed by atoms with Gasteiger partial charge in [-0.3, -0.25) is 9.59 Å². The fraction of sp³-hybridized carbons (Fsp3) is 0.911. The number of aliphatic hydroxyl groups excluding tert-OH is 4. The Labute approximate surface area is 325 Å². The molecule has 1 aliphatic rings. The number of aliphatic hydroxyl groups is 4. The van der Waals surface area contributed by atoms with Crippen LogP contribution < -0.4 is 0 Å². The molecule has 0 saturated heterocycles. The lowest BCUT2D eigenvalue weighted by Gasteiger charge is -2.21. The van der Waals surface area contributed by atoms with Gasteiger partial charge in [0.2, 0.25) is 0 Å². The lowest BCUT2D eigenvalue weighted by molar-refractivity contribution is -0.161. The zero-order valence-corrected chi connectivity index (χ0v) is 34.5. The molecule has 1 fully saturated rings. The minimum Gasteiger partial charge on any atom is -0.462 e. The van der Waals surface area contributed by atoms with Crippen molar-refractivity contribution in [1.82, 2.24) is 0 Å². The molecule has 53 heavy (non-hydrogen) atoms. The summed E-state index contributed by atoms with van der Waals surface area (Å²) in [6.45, 7) is 6.24. The fourth-order valence-electron chi connectivity index (χ4n) is 7.66. The molecule has 0 aromatic rings. The maximum atomic E-state index is 12.3. The van der Waals surface area contributed by atoms with Crippen molar-refractivity contribution < 1.29 is 39.5 Å². The maximum Gasteiger partial charge on any atom is 0.306 e. The van der Waals surface area contributed by atoms with Crippen molar-refractivity contribution in [2.75, 3.05) is 13.2 Å². The van der Waals surface area contributed by atoms with E-state index in [-0.39, 0.29) is 30.8 Å². The van der Waals surface area contributed by atoms with E-state index in [4.69, 9.17) is 9.47 Å². The predicted octanol–water partition coefficient (Wildman–Crippen LogP) is 10.3. The Balaban J connectivity index is 2.01. The summed E-state index contributed by atoms with van der Waals surface area (Å²) in [5, 5.41) is 40.8. The van der Waals surface area contributed by atoms with Gasteiger partial charge in [0.1, 0.15) is 6.61 Å². The lowest BCUT2D eigenvalue weighted by Crippen LogP contribution is -2.28. The van der Waals surface area contributed by atoms with Crippen LogP contribution in [0.5, 0.6) is 0 Å². The molecule has 4 N–H and O–H groups in total. The van der Waals surface area contributed by atoms with Crippen LogP contribution in [0.2, 0.25) is 0 Å². The number of ether oxygens (including phenoxy) is 2. The van der Waals surface area contributed by atoms with Gasteiger partial charge in [0.25, 0.3) is 0 Å². The van der Waals surface area contributed by atoms with Crippen molar-refractivity contribution in [3.63, 3.8) is 0 Å². The van der Waals surface area contributed by atoms with Gasteiger partial charge in [-0.2, -0.15) is 0 Å². The van der Waals surface area contributed by atoms with Crippen molar-refractivity contribution in [3.05, 3.63) is 12.2 Å². The van der Waals surface area contributed by atoms with Gasteiger partial charge in [-0.25, -0.2) is 0 Å². The molecule has 0 aromatic heterocycles. The number of unbranched alkanes of at least 4 members (excludes halogenated alkanes) is 20. The second kappa shape index (κ2) is 33.8. The summed E-state index contributed by atoms with van der Waals surface area (Å²) < 4.78 is 10.6. The highest BCUT2D eigenvalue weighted by molar-refractivity contribution is 5.70. The Hall–Kier alpha value is -1.48. The highest BCUT2D eigenvalue weighted by Gasteiger charge is 2.39. The number of carbonyl (C=O) groups excluding carboxylic acids is 2. The number of hydrogen-bond acceptors (Lipinski definition) is 8. The monoisotopic (exact) mass is 753 g/mol. The van der Waals surface area contributed by atoms with Gasteiger partial charge >= 0.3 is 11.9 Å². The van der Waals surface area contributed by atoms with Crippen LogP contribution in [0, 0.1) is 17.8 Å². The summed E-state index contributed by atoms with van der Waals surface area (Å²) in [6.07, 6.45) is 32.0. The molecule has 0 radical (unpaired) electrons. The smallest absolute Gasteiger partial charge is 0.306 e. The summed E-state index contributed by atoms with van der Waals surface area (Å²) in [5.41, 5.74) is 0. The van der Waals surface area contributed by atoms with Crippen LogP contribution in [0.15, 0.2) is 12.2 Å². The van der Waals surface area contributed by atoms with Crippen molar-refractivity contribution in [2.45, 2.75) is 231 Å². The normalized spacial score (nSPS) is 20.0. The second-order valence-corrected chi connectivity index (χ2v) is 16.6. The van der Waals surface area contributed by atoms with Crippen LogP contribution in [-0.2, 0) is 19.1 Å². The van der Waals surface area contributed by atoms with Crippen LogP contribution in [0.3, 0.4) is 0 Å². The van der Waals surface area contributed by atoms with Gasteiger partial charge in [0, 0.05) is 25.2 Å². The quantitative estimate of drug-likeness (QED) is 0.0282. The van der Waals surface area contributed by atoms with E-state index < -0.39 is 37.0 Å². The van der Waals surface area contributed by atoms with E-state index in [1.165, 1.54) is 89.9 Å². The van der Waals surface area contributed by atoms with Crippen molar-refractivity contribution in [2.24, 2.45) is 17.8 Å². The fourth-order valence-corrected chi connectivity index (χ4v) is 7.66. The van der Waals surface area contributed by atoms with E-state index in [1.807, 2.05) is 6.08 Å². The molecule has 312 valence electrons. The first-order valence-electron chi connectivity index (χ1n) is 22.4. The molecule has 0 unspecified atom stereocenters. The molecule has 0 bridgehead atoms. The Kier molecular flexibility index (Phi) is 31.6. The minimum absolute atomic E-state index is 0.0367. The van der Waals surface area contributed by atoms with Gasteiger partial charge < -0.3 is 29.9 Å². The molecule has 0 spiro atoms. The molecule has 0 heterocycles. The summed E-state index contributed by atoms with van der Waals surface area (Å²) in [7, 11) is 0. The van der Waals surface area contributed by atoms with E-state index in [2.05, 4.69) is 20.8 Å². The molecule has 0 aromatic carbocycles. The van der Waals surface area contributed by atoms with E-state index in [0.29, 0.717) is 25.7 Å². The molecular formula is C45H84O8. The number of esters is 2. The molecule has 1 rings (SSSR count). The van der Waals surface area contributed by atoms with E-state index >= 15 is 0 Å². The molecule has 0 amide bonds. The van der Waals surface area contributed by atoms with Crippen molar-refractivity contribution in [1.29, 1.82) is 0 Å². The zero-order chi connectivity index (χ0) is 38.9. The van der Waals surface area contributed by atoms with Gasteiger partial charge in [-0.1, -0.05) is 174 Å². The second-order valence-electron chi connectivity index (χ2n) is 16.6. The van der Waals surface area contributed by atoms with E-state index in [0.717, 1.165) is 70.1 Å². The SMILES string of the molecule is CCCCC[C@H](O)/C=C/[C@@H]1[C@@H](CCCCCCC(=O)O[C@@H](CO)COC(=O)CCCCCCCCCCCCCCCCCCC(C)C)[C@@H](O)C[C@H]1O. The third-order valence-corrected chi connectivity index (χ3v) is 11.1. The largest absolute Gasteiger partial charge is 0.462 e. The molecule has 6 atom stereocenters.